The number of carbonyl (C=O) groups is 2. The van der Waals surface area contributed by atoms with Crippen molar-refractivity contribution in [2.24, 2.45) is 5.73 Å². The van der Waals surface area contributed by atoms with E-state index in [2.05, 4.69) is 5.32 Å². The molecule has 0 fully saturated rings. The van der Waals surface area contributed by atoms with Crippen LogP contribution in [-0.4, -0.2) is 11.8 Å². The number of fused-ring (bicyclic) bond motifs is 1. The second kappa shape index (κ2) is 3.73. The van der Waals surface area contributed by atoms with Gasteiger partial charge in [0.05, 0.1) is 11.3 Å². The van der Waals surface area contributed by atoms with Crippen molar-refractivity contribution >= 4 is 23.1 Å². The molecule has 3 N–H and O–H groups in total. The summed E-state index contributed by atoms with van der Waals surface area (Å²) in [6, 6.07) is 1.91. The summed E-state index contributed by atoms with van der Waals surface area (Å²) in [4.78, 5) is 22.7. The van der Waals surface area contributed by atoms with Crippen LogP contribution in [-0.2, 0) is 9.59 Å². The van der Waals surface area contributed by atoms with E-state index in [0.29, 0.717) is 5.57 Å². The van der Waals surface area contributed by atoms with Gasteiger partial charge in [0.2, 0.25) is 5.91 Å². The molecule has 1 heterocycles. The van der Waals surface area contributed by atoms with Crippen molar-refractivity contribution in [3.63, 3.8) is 0 Å². The first-order chi connectivity index (χ1) is 7.91. The quantitative estimate of drug-likeness (QED) is 0.716. The lowest BCUT2D eigenvalue weighted by Gasteiger charge is -2.10. The molecule has 0 bridgehead atoms. The van der Waals surface area contributed by atoms with E-state index in [0.717, 1.165) is 27.9 Å². The third-order valence-corrected chi connectivity index (χ3v) is 3.22. The Hall–Kier alpha value is -2.10. The highest BCUT2D eigenvalue weighted by Crippen LogP contribution is 2.37. The average Bonchev–Trinajstić information content (AvgIpc) is 2.53. The van der Waals surface area contributed by atoms with Crippen molar-refractivity contribution in [3.05, 3.63) is 34.4 Å². The largest absolute Gasteiger partial charge is 0.366 e. The van der Waals surface area contributed by atoms with Gasteiger partial charge < -0.3 is 11.1 Å². The first-order valence-electron chi connectivity index (χ1n) is 5.35. The van der Waals surface area contributed by atoms with E-state index in [9.17, 15) is 9.59 Å². The van der Waals surface area contributed by atoms with Gasteiger partial charge in [-0.3, -0.25) is 9.59 Å². The zero-order chi connectivity index (χ0) is 12.7. The number of hydrogen-bond donors (Lipinski definition) is 2. The first kappa shape index (κ1) is 11.4. The zero-order valence-electron chi connectivity index (χ0n) is 10.0. The highest BCUT2D eigenvalue weighted by atomic mass is 16.2. The van der Waals surface area contributed by atoms with Crippen LogP contribution in [0, 0.1) is 20.8 Å². The zero-order valence-corrected chi connectivity index (χ0v) is 10.0. The van der Waals surface area contributed by atoms with E-state index in [1.165, 1.54) is 6.08 Å². The molecule has 0 radical (unpaired) electrons. The van der Waals surface area contributed by atoms with Crippen molar-refractivity contribution in [3.8, 4) is 0 Å². The molecule has 1 aromatic carbocycles. The number of amides is 2. The minimum absolute atomic E-state index is 0.271. The fourth-order valence-corrected chi connectivity index (χ4v) is 2.04. The summed E-state index contributed by atoms with van der Waals surface area (Å²) in [7, 11) is 0. The fraction of sp³-hybridized carbons (Fsp3) is 0.231. The molecular weight excluding hydrogens is 216 g/mol. The first-order valence-corrected chi connectivity index (χ1v) is 5.35. The minimum Gasteiger partial charge on any atom is -0.366 e. The van der Waals surface area contributed by atoms with E-state index in [1.54, 1.807) is 0 Å². The lowest BCUT2D eigenvalue weighted by Crippen LogP contribution is -2.10. The van der Waals surface area contributed by atoms with Crippen LogP contribution in [0.2, 0.25) is 0 Å². The van der Waals surface area contributed by atoms with Gasteiger partial charge in [-0.2, -0.15) is 0 Å². The van der Waals surface area contributed by atoms with Crippen LogP contribution in [0.25, 0.3) is 5.57 Å². The number of anilines is 1. The van der Waals surface area contributed by atoms with E-state index in [-0.39, 0.29) is 5.91 Å². The van der Waals surface area contributed by atoms with Crippen molar-refractivity contribution in [1.29, 1.82) is 0 Å². The number of aryl methyl sites for hydroxylation is 1. The molecule has 1 aliphatic heterocycles. The van der Waals surface area contributed by atoms with Gasteiger partial charge in [0, 0.05) is 11.6 Å². The standard InChI is InChI=1S/C13H14N2O2/c1-6-4-9-10(5-11(14)16)13(17)15-12(9)8(3)7(6)2/h4-5H,1-3H3,(H2,14,16)(H,15,17). The molecule has 0 aromatic heterocycles. The van der Waals surface area contributed by atoms with Gasteiger partial charge in [0.25, 0.3) is 5.91 Å². The van der Waals surface area contributed by atoms with Gasteiger partial charge >= 0.3 is 0 Å². The molecule has 0 saturated carbocycles. The van der Waals surface area contributed by atoms with Crippen LogP contribution in [0.3, 0.4) is 0 Å². The maximum atomic E-state index is 11.8. The number of nitrogens with one attached hydrogen (secondary N) is 1. The second-order valence-electron chi connectivity index (χ2n) is 4.28. The Morgan fingerprint density at radius 2 is 1.94 bits per heavy atom. The predicted octanol–water partition coefficient (Wildman–Crippen LogP) is 1.43. The Morgan fingerprint density at radius 1 is 1.29 bits per heavy atom. The van der Waals surface area contributed by atoms with Gasteiger partial charge in [-0.1, -0.05) is 0 Å². The Morgan fingerprint density at radius 3 is 2.53 bits per heavy atom. The SMILES string of the molecule is Cc1cc2c(c(C)c1C)NC(=O)C2=CC(N)=O. The molecule has 0 aliphatic carbocycles. The van der Waals surface area contributed by atoms with Crippen molar-refractivity contribution in [1.82, 2.24) is 0 Å². The summed E-state index contributed by atoms with van der Waals surface area (Å²) in [6.45, 7) is 5.94. The minimum atomic E-state index is -0.612. The third kappa shape index (κ3) is 1.71. The molecule has 2 rings (SSSR count). The van der Waals surface area contributed by atoms with Gasteiger partial charge in [-0.05, 0) is 43.5 Å². The number of primary amides is 1. The second-order valence-corrected chi connectivity index (χ2v) is 4.28. The van der Waals surface area contributed by atoms with Crippen molar-refractivity contribution < 1.29 is 9.59 Å². The molecule has 88 valence electrons. The lowest BCUT2D eigenvalue weighted by molar-refractivity contribution is -0.114. The highest BCUT2D eigenvalue weighted by Gasteiger charge is 2.27. The molecule has 4 nitrogen and oxygen atoms in total. The van der Waals surface area contributed by atoms with Crippen LogP contribution >= 0.6 is 0 Å². The summed E-state index contributed by atoms with van der Waals surface area (Å²) in [5, 5.41) is 2.77. The van der Waals surface area contributed by atoms with Gasteiger partial charge in [-0.25, -0.2) is 0 Å². The van der Waals surface area contributed by atoms with Gasteiger partial charge in [0.15, 0.2) is 0 Å². The lowest BCUT2D eigenvalue weighted by atomic mass is 9.96. The number of carbonyl (C=O) groups excluding carboxylic acids is 2. The smallest absolute Gasteiger partial charge is 0.256 e. The Bertz CT molecular complexity index is 571. The topological polar surface area (TPSA) is 72.2 Å². The summed E-state index contributed by atoms with van der Waals surface area (Å²) in [5.74, 6) is -0.884. The van der Waals surface area contributed by atoms with Crippen LogP contribution in [0.15, 0.2) is 12.1 Å². The number of benzene rings is 1. The number of rotatable bonds is 1. The average molecular weight is 230 g/mol. The van der Waals surface area contributed by atoms with Crippen molar-refractivity contribution in [2.45, 2.75) is 20.8 Å². The molecule has 2 amide bonds. The molecule has 0 unspecified atom stereocenters. The number of hydrogen-bond acceptors (Lipinski definition) is 2. The van der Waals surface area contributed by atoms with Gasteiger partial charge in [0.1, 0.15) is 0 Å². The van der Waals surface area contributed by atoms with E-state index < -0.39 is 5.91 Å². The highest BCUT2D eigenvalue weighted by molar-refractivity contribution is 6.34. The monoisotopic (exact) mass is 230 g/mol. The Kier molecular flexibility index (Phi) is 2.50. The molecule has 1 aromatic rings. The molecule has 17 heavy (non-hydrogen) atoms. The van der Waals surface area contributed by atoms with Crippen molar-refractivity contribution in [2.75, 3.05) is 5.32 Å². The Labute approximate surface area is 99.5 Å². The number of nitrogens with two attached hydrogens (primary N) is 1. The molecule has 1 aliphatic rings. The van der Waals surface area contributed by atoms with Gasteiger partial charge in [-0.15, -0.1) is 0 Å². The predicted molar refractivity (Wildman–Crippen MR) is 66.5 cm³/mol. The summed E-state index contributed by atoms with van der Waals surface area (Å²) in [6.07, 6.45) is 1.18. The maximum Gasteiger partial charge on any atom is 0.256 e. The Balaban J connectivity index is 2.70. The van der Waals surface area contributed by atoms with Crippen LogP contribution < -0.4 is 11.1 Å². The van der Waals surface area contributed by atoms with E-state index in [1.807, 2.05) is 26.8 Å². The molecule has 0 saturated heterocycles. The van der Waals surface area contributed by atoms with Crippen LogP contribution in [0.1, 0.15) is 22.3 Å². The molecule has 0 spiro atoms. The van der Waals surface area contributed by atoms with E-state index >= 15 is 0 Å². The molecule has 0 atom stereocenters. The van der Waals surface area contributed by atoms with Crippen LogP contribution in [0.4, 0.5) is 5.69 Å². The fourth-order valence-electron chi connectivity index (χ4n) is 2.04. The molecular formula is C13H14N2O2. The van der Waals surface area contributed by atoms with Crippen LogP contribution in [0.5, 0.6) is 0 Å². The third-order valence-electron chi connectivity index (χ3n) is 3.22. The summed E-state index contributed by atoms with van der Waals surface area (Å²) >= 11 is 0. The van der Waals surface area contributed by atoms with E-state index in [4.69, 9.17) is 5.73 Å². The summed E-state index contributed by atoms with van der Waals surface area (Å²) < 4.78 is 0. The normalized spacial score (nSPS) is 15.9. The molecule has 4 heteroatoms. The maximum absolute atomic E-state index is 11.8. The summed E-state index contributed by atoms with van der Waals surface area (Å²) in [5.41, 5.74) is 10.3.